The van der Waals surface area contributed by atoms with Crippen molar-refractivity contribution >= 4 is 49.3 Å². The molecular formula is C90H136O18Si2. The molecule has 0 amide bonds. The van der Waals surface area contributed by atoms with Crippen molar-refractivity contribution in [2.45, 2.75) is 320 Å². The number of methoxy groups -OCH3 is 2. The van der Waals surface area contributed by atoms with Crippen LogP contribution in [0, 0.1) is 22.7 Å². The van der Waals surface area contributed by atoms with Gasteiger partial charge in [0.05, 0.1) is 111 Å². The summed E-state index contributed by atoms with van der Waals surface area (Å²) in [6.45, 7) is 30.2. The summed E-state index contributed by atoms with van der Waals surface area (Å²) in [7, 11) is -2.16. The van der Waals surface area contributed by atoms with Gasteiger partial charge < -0.3 is 76.6 Å². The van der Waals surface area contributed by atoms with Gasteiger partial charge in [-0.25, -0.2) is 0 Å². The lowest BCUT2D eigenvalue weighted by Gasteiger charge is -2.49. The fraction of sp³-hybridized carbons (Fsp3) is 0.667. The van der Waals surface area contributed by atoms with E-state index in [4.69, 9.17) is 56.2 Å². The van der Waals surface area contributed by atoms with Crippen LogP contribution in [0.3, 0.4) is 0 Å². The highest BCUT2D eigenvalue weighted by Crippen LogP contribution is 2.45. The number of hydrogen-bond donors (Lipinski definition) is 4. The van der Waals surface area contributed by atoms with Gasteiger partial charge in [-0.15, -0.1) is 0 Å². The Morgan fingerprint density at radius 2 is 0.736 bits per heavy atom. The molecule has 110 heavy (non-hydrogen) atoms. The largest absolute Gasteiger partial charge is 0.465 e. The Hall–Kier alpha value is -4.83. The number of carbonyl (C=O) groups is 2. The summed E-state index contributed by atoms with van der Waals surface area (Å²) in [6, 6.07) is 42.4. The molecule has 0 bridgehead atoms. The number of rotatable bonds is 30. The van der Waals surface area contributed by atoms with Crippen LogP contribution in [0.4, 0.5) is 0 Å². The third-order valence-electron chi connectivity index (χ3n) is 23.2. The van der Waals surface area contributed by atoms with Gasteiger partial charge in [-0.3, -0.25) is 9.59 Å². The molecule has 4 aromatic rings. The SMILES string of the molecule is CO[C@H]1CC[C@]2(C=C[C@H](C)[C@@H](C[C@@H](O)C[C@H](O)C[C@@H]3CCC[C@H](CCOC(=O)C(C)(C)C)O3)O2)O[C@@H]1CO[Si](c1ccccc1)(c1ccccc1)C(C)(C)C.CO[C@H]1CC[C@]2(C=C[C@H](C)[C@@H](C[C@@H](O)C[C@H](O)C[C@@H]3CCC[C@H](CCOC(=O)C(C)(C)C)O3)O2)O[C@@H]1CO[Si](c1ccccc1)(c1ccccc1)C(C)(C)C. The number of benzene rings is 4. The Kier molecular flexibility index (Phi) is 32.1. The molecule has 0 radical (unpaired) electrons. The molecule has 2 spiro atoms. The van der Waals surface area contributed by atoms with Crippen LogP contribution in [0.15, 0.2) is 146 Å². The monoisotopic (exact) mass is 1560 g/mol. The normalized spacial score (nSPS) is 28.8. The summed E-state index contributed by atoms with van der Waals surface area (Å²) in [6.07, 6.45) is 15.2. The summed E-state index contributed by atoms with van der Waals surface area (Å²) < 4.78 is 77.4. The van der Waals surface area contributed by atoms with Crippen LogP contribution in [0.2, 0.25) is 10.1 Å². The van der Waals surface area contributed by atoms with Gasteiger partial charge >= 0.3 is 11.9 Å². The van der Waals surface area contributed by atoms with E-state index in [9.17, 15) is 30.0 Å². The Labute approximate surface area is 660 Å². The smallest absolute Gasteiger partial charge is 0.311 e. The average molecular weight is 1560 g/mol. The molecule has 4 saturated heterocycles. The summed E-state index contributed by atoms with van der Waals surface area (Å²) in [5.41, 5.74) is -1.06. The van der Waals surface area contributed by atoms with Crippen LogP contribution in [0.25, 0.3) is 0 Å². The average Bonchev–Trinajstić information content (AvgIpc) is 0.752. The zero-order valence-electron chi connectivity index (χ0n) is 69.2. The Morgan fingerprint density at radius 1 is 0.436 bits per heavy atom. The molecule has 4 N–H and O–H groups in total. The van der Waals surface area contributed by atoms with E-state index in [-0.39, 0.29) is 108 Å². The zero-order chi connectivity index (χ0) is 79.7. The molecule has 6 aliphatic heterocycles. The van der Waals surface area contributed by atoms with Crippen LogP contribution in [-0.2, 0) is 65.8 Å². The quantitative estimate of drug-likeness (QED) is 0.0216. The highest BCUT2D eigenvalue weighted by Gasteiger charge is 2.55. The summed E-state index contributed by atoms with van der Waals surface area (Å²) in [4.78, 5) is 24.3. The van der Waals surface area contributed by atoms with Crippen LogP contribution in [-0.4, -0.2) is 187 Å². The van der Waals surface area contributed by atoms with Crippen molar-refractivity contribution in [2.24, 2.45) is 22.7 Å². The molecular weight excluding hydrogens is 1430 g/mol. The second-order valence-corrected chi connectivity index (χ2v) is 44.9. The number of carbonyl (C=O) groups excluding carboxylic acids is 2. The zero-order valence-corrected chi connectivity index (χ0v) is 71.2. The lowest BCUT2D eigenvalue weighted by molar-refractivity contribution is -0.304. The summed E-state index contributed by atoms with van der Waals surface area (Å²) in [5.74, 6) is -2.23. The van der Waals surface area contributed by atoms with Crippen LogP contribution in [0.1, 0.15) is 213 Å². The first-order valence-corrected chi connectivity index (χ1v) is 44.9. The molecule has 18 nitrogen and oxygen atoms in total. The third-order valence-corrected chi connectivity index (χ3v) is 33.3. The van der Waals surface area contributed by atoms with Crippen LogP contribution in [0.5, 0.6) is 0 Å². The van der Waals surface area contributed by atoms with E-state index in [1.807, 2.05) is 78.0 Å². The van der Waals surface area contributed by atoms with E-state index in [0.29, 0.717) is 77.8 Å². The molecule has 0 unspecified atom stereocenters. The first-order chi connectivity index (χ1) is 52.1. The predicted octanol–water partition coefficient (Wildman–Crippen LogP) is 13.7. The standard InChI is InChI=1S/2C45H68O9Si/c2*1-32-22-25-45(53-40(32)30-34(47)28-33(46)29-36-17-15-16-35(52-36)24-27-50-42(48)43(2,3)4)26-23-39(49-8)41(54-45)31-51-55(44(5,6)7,37-18-11-9-12-19-37)38-20-13-10-14-21-38/h2*9-14,18-22,25,32-36,39-41,46-47H,15-17,23-24,26-31H2,1-8H3/t2*32-,33-,34-,35+,36-,39-,40+,41+,45-/m00/s1. The summed E-state index contributed by atoms with van der Waals surface area (Å²) >= 11 is 0. The van der Waals surface area contributed by atoms with Crippen LogP contribution < -0.4 is 20.7 Å². The minimum Gasteiger partial charge on any atom is -0.465 e. The maximum atomic E-state index is 12.1. The maximum Gasteiger partial charge on any atom is 0.311 e. The van der Waals surface area contributed by atoms with E-state index in [2.05, 4.69) is 165 Å². The number of ether oxygens (including phenoxy) is 10. The van der Waals surface area contributed by atoms with Crippen molar-refractivity contribution in [2.75, 3.05) is 40.6 Å². The van der Waals surface area contributed by atoms with E-state index in [1.54, 1.807) is 14.2 Å². The molecule has 20 heteroatoms. The van der Waals surface area contributed by atoms with E-state index >= 15 is 0 Å². The van der Waals surface area contributed by atoms with Gasteiger partial charge in [0.1, 0.15) is 12.2 Å². The topological polar surface area (TPSA) is 226 Å². The molecule has 10 rings (SSSR count). The van der Waals surface area contributed by atoms with Crippen molar-refractivity contribution < 1.29 is 86.2 Å². The van der Waals surface area contributed by atoms with Crippen molar-refractivity contribution in [1.82, 2.24) is 0 Å². The minimum atomic E-state index is -2.81. The van der Waals surface area contributed by atoms with Gasteiger partial charge in [-0.05, 0) is 162 Å². The molecule has 0 saturated carbocycles. The Bertz CT molecular complexity index is 3160. The molecule has 6 aliphatic rings. The second kappa shape index (κ2) is 39.7. The molecule has 4 aromatic carbocycles. The van der Waals surface area contributed by atoms with Gasteiger partial charge in [0, 0.05) is 64.6 Å². The van der Waals surface area contributed by atoms with Gasteiger partial charge in [-0.2, -0.15) is 0 Å². The van der Waals surface area contributed by atoms with E-state index in [1.165, 1.54) is 20.7 Å². The molecule has 612 valence electrons. The number of hydrogen-bond acceptors (Lipinski definition) is 18. The Balaban J connectivity index is 0.000000253. The van der Waals surface area contributed by atoms with Crippen LogP contribution >= 0.6 is 0 Å². The fourth-order valence-electron chi connectivity index (χ4n) is 17.1. The fourth-order valence-corrected chi connectivity index (χ4v) is 26.2. The van der Waals surface area contributed by atoms with Crippen molar-refractivity contribution in [3.63, 3.8) is 0 Å². The Morgan fingerprint density at radius 3 is 1.04 bits per heavy atom. The molecule has 4 fully saturated rings. The number of esters is 2. The highest BCUT2D eigenvalue weighted by atomic mass is 28.4. The lowest BCUT2D eigenvalue weighted by atomic mass is 9.89. The predicted molar refractivity (Wildman–Crippen MR) is 436 cm³/mol. The highest BCUT2D eigenvalue weighted by molar-refractivity contribution is 7.00. The second-order valence-electron chi connectivity index (χ2n) is 36.3. The third kappa shape index (κ3) is 23.7. The molecule has 0 aromatic heterocycles. The molecule has 0 aliphatic carbocycles. The van der Waals surface area contributed by atoms with Gasteiger partial charge in [0.15, 0.2) is 11.6 Å². The molecule has 18 atom stereocenters. The first-order valence-electron chi connectivity index (χ1n) is 41.1. The summed E-state index contributed by atoms with van der Waals surface area (Å²) in [5, 5.41) is 49.1. The first kappa shape index (κ1) is 89.1. The van der Waals surface area contributed by atoms with Crippen molar-refractivity contribution in [1.29, 1.82) is 0 Å². The van der Waals surface area contributed by atoms with Crippen molar-refractivity contribution in [3.8, 4) is 0 Å². The maximum absolute atomic E-state index is 12.1. The van der Waals surface area contributed by atoms with E-state index < -0.39 is 63.5 Å². The number of aliphatic hydroxyl groups excluding tert-OH is 4. The number of aliphatic hydroxyl groups is 4. The molecule has 6 heterocycles. The lowest BCUT2D eigenvalue weighted by Crippen LogP contribution is -2.67. The van der Waals surface area contributed by atoms with Gasteiger partial charge in [0.25, 0.3) is 16.6 Å². The van der Waals surface area contributed by atoms with Crippen molar-refractivity contribution in [3.05, 3.63) is 146 Å². The van der Waals surface area contributed by atoms with E-state index in [0.717, 1.165) is 51.4 Å². The van der Waals surface area contributed by atoms with Gasteiger partial charge in [-0.1, -0.05) is 189 Å². The minimum absolute atomic E-state index is 0.00515. The van der Waals surface area contributed by atoms with Gasteiger partial charge in [0.2, 0.25) is 0 Å².